The molecule has 0 fully saturated rings. The SMILES string of the molecule is C=C(CCCCCCC)OS(C)(=O)=O. The first-order chi connectivity index (χ1) is 6.45. The summed E-state index contributed by atoms with van der Waals surface area (Å²) in [5, 5.41) is 0. The van der Waals surface area contributed by atoms with Gasteiger partial charge in [0.05, 0.1) is 6.26 Å². The van der Waals surface area contributed by atoms with Crippen LogP contribution in [-0.2, 0) is 14.3 Å². The van der Waals surface area contributed by atoms with Crippen LogP contribution in [0.25, 0.3) is 0 Å². The fourth-order valence-electron chi connectivity index (χ4n) is 1.18. The van der Waals surface area contributed by atoms with Crippen LogP contribution >= 0.6 is 0 Å². The molecule has 0 aromatic heterocycles. The standard InChI is InChI=1S/C10H20O3S/c1-4-5-6-7-8-9-10(2)13-14(3,11)12/h2,4-9H2,1,3H3. The van der Waals surface area contributed by atoms with Gasteiger partial charge in [-0.3, -0.25) is 0 Å². The number of rotatable bonds is 8. The van der Waals surface area contributed by atoms with Crippen molar-refractivity contribution in [2.45, 2.75) is 45.4 Å². The van der Waals surface area contributed by atoms with Gasteiger partial charge in [0.1, 0.15) is 5.76 Å². The molecule has 0 N–H and O–H groups in total. The van der Waals surface area contributed by atoms with Gasteiger partial charge in [-0.15, -0.1) is 0 Å². The van der Waals surface area contributed by atoms with Crippen LogP contribution in [-0.4, -0.2) is 14.7 Å². The van der Waals surface area contributed by atoms with Crippen LogP contribution in [0.1, 0.15) is 45.4 Å². The van der Waals surface area contributed by atoms with Crippen molar-refractivity contribution in [3.63, 3.8) is 0 Å². The molecule has 84 valence electrons. The summed E-state index contributed by atoms with van der Waals surface area (Å²) in [5.74, 6) is 0.351. The predicted octanol–water partition coefficient (Wildman–Crippen LogP) is 2.84. The van der Waals surface area contributed by atoms with E-state index in [4.69, 9.17) is 0 Å². The third-order valence-electron chi connectivity index (χ3n) is 1.83. The van der Waals surface area contributed by atoms with Crippen molar-refractivity contribution in [1.29, 1.82) is 0 Å². The molecule has 0 rings (SSSR count). The van der Waals surface area contributed by atoms with E-state index in [0.29, 0.717) is 12.2 Å². The molecule has 0 bridgehead atoms. The first-order valence-corrected chi connectivity index (χ1v) is 6.84. The van der Waals surface area contributed by atoms with Crippen molar-refractivity contribution in [1.82, 2.24) is 0 Å². The highest BCUT2D eigenvalue weighted by atomic mass is 32.2. The van der Waals surface area contributed by atoms with Crippen LogP contribution in [0.4, 0.5) is 0 Å². The van der Waals surface area contributed by atoms with E-state index in [1.165, 1.54) is 19.3 Å². The number of hydrogen-bond acceptors (Lipinski definition) is 3. The normalized spacial score (nSPS) is 11.3. The van der Waals surface area contributed by atoms with Gasteiger partial charge in [-0.2, -0.15) is 8.42 Å². The van der Waals surface area contributed by atoms with E-state index in [1.54, 1.807) is 0 Å². The minimum atomic E-state index is -3.37. The molecule has 0 aliphatic rings. The van der Waals surface area contributed by atoms with E-state index in [9.17, 15) is 8.42 Å². The van der Waals surface area contributed by atoms with Gasteiger partial charge in [0.15, 0.2) is 0 Å². The highest BCUT2D eigenvalue weighted by Gasteiger charge is 2.04. The molecule has 0 amide bonds. The lowest BCUT2D eigenvalue weighted by molar-refractivity contribution is 0.391. The summed E-state index contributed by atoms with van der Waals surface area (Å²) in [5.41, 5.74) is 0. The Balaban J connectivity index is 3.46. The van der Waals surface area contributed by atoms with E-state index in [2.05, 4.69) is 17.7 Å². The minimum absolute atomic E-state index is 0.351. The van der Waals surface area contributed by atoms with Crippen molar-refractivity contribution in [2.24, 2.45) is 0 Å². The minimum Gasteiger partial charge on any atom is -0.388 e. The lowest BCUT2D eigenvalue weighted by Crippen LogP contribution is -2.01. The molecule has 0 aromatic rings. The van der Waals surface area contributed by atoms with Gasteiger partial charge in [-0.05, 0) is 6.42 Å². The molecule has 0 aromatic carbocycles. The Kier molecular flexibility index (Phi) is 6.62. The second-order valence-electron chi connectivity index (χ2n) is 3.49. The summed E-state index contributed by atoms with van der Waals surface area (Å²) in [6.45, 7) is 5.71. The molecular weight excluding hydrogens is 200 g/mol. The Bertz CT molecular complexity index is 255. The molecule has 0 spiro atoms. The zero-order valence-corrected chi connectivity index (χ0v) is 9.90. The van der Waals surface area contributed by atoms with Gasteiger partial charge in [0.2, 0.25) is 0 Å². The fourth-order valence-corrected chi connectivity index (χ4v) is 1.69. The van der Waals surface area contributed by atoms with Crippen molar-refractivity contribution in [3.05, 3.63) is 12.3 Å². The summed E-state index contributed by atoms with van der Waals surface area (Å²) in [7, 11) is -3.37. The van der Waals surface area contributed by atoms with Gasteiger partial charge in [0, 0.05) is 6.42 Å². The topological polar surface area (TPSA) is 43.4 Å². The van der Waals surface area contributed by atoms with Crippen LogP contribution in [0.5, 0.6) is 0 Å². The van der Waals surface area contributed by atoms with E-state index in [0.717, 1.165) is 19.1 Å². The first-order valence-electron chi connectivity index (χ1n) is 5.03. The van der Waals surface area contributed by atoms with Gasteiger partial charge < -0.3 is 4.18 Å². The Morgan fingerprint density at radius 1 is 1.21 bits per heavy atom. The Morgan fingerprint density at radius 3 is 2.29 bits per heavy atom. The molecule has 3 nitrogen and oxygen atoms in total. The van der Waals surface area contributed by atoms with Crippen LogP contribution in [0, 0.1) is 0 Å². The summed E-state index contributed by atoms with van der Waals surface area (Å²) in [4.78, 5) is 0. The van der Waals surface area contributed by atoms with E-state index in [-0.39, 0.29) is 0 Å². The summed E-state index contributed by atoms with van der Waals surface area (Å²) >= 11 is 0. The maximum absolute atomic E-state index is 10.7. The molecule has 0 heterocycles. The molecule has 0 aliphatic carbocycles. The average molecular weight is 220 g/mol. The molecule has 0 radical (unpaired) electrons. The Morgan fingerprint density at radius 2 is 1.79 bits per heavy atom. The van der Waals surface area contributed by atoms with Crippen molar-refractivity contribution < 1.29 is 12.6 Å². The van der Waals surface area contributed by atoms with Crippen molar-refractivity contribution in [2.75, 3.05) is 6.26 Å². The van der Waals surface area contributed by atoms with Crippen molar-refractivity contribution >= 4 is 10.1 Å². The number of allylic oxidation sites excluding steroid dienone is 1. The van der Waals surface area contributed by atoms with Crippen LogP contribution in [0.2, 0.25) is 0 Å². The van der Waals surface area contributed by atoms with E-state index in [1.807, 2.05) is 0 Å². The maximum atomic E-state index is 10.7. The lowest BCUT2D eigenvalue weighted by atomic mass is 10.1. The highest BCUT2D eigenvalue weighted by Crippen LogP contribution is 2.12. The van der Waals surface area contributed by atoms with Gasteiger partial charge >= 0.3 is 10.1 Å². The molecule has 0 atom stereocenters. The van der Waals surface area contributed by atoms with Gasteiger partial charge in [0.25, 0.3) is 0 Å². The highest BCUT2D eigenvalue weighted by molar-refractivity contribution is 7.86. The molecule has 0 saturated heterocycles. The second kappa shape index (κ2) is 6.87. The predicted molar refractivity (Wildman–Crippen MR) is 58.4 cm³/mol. The largest absolute Gasteiger partial charge is 0.388 e. The second-order valence-corrected chi connectivity index (χ2v) is 5.07. The van der Waals surface area contributed by atoms with Crippen LogP contribution in [0.15, 0.2) is 12.3 Å². The van der Waals surface area contributed by atoms with E-state index < -0.39 is 10.1 Å². The molecule has 14 heavy (non-hydrogen) atoms. The van der Waals surface area contributed by atoms with Crippen LogP contribution < -0.4 is 0 Å². The fraction of sp³-hybridized carbons (Fsp3) is 0.800. The van der Waals surface area contributed by atoms with Gasteiger partial charge in [-0.1, -0.05) is 39.2 Å². The van der Waals surface area contributed by atoms with Crippen LogP contribution in [0.3, 0.4) is 0 Å². The smallest absolute Gasteiger partial charge is 0.305 e. The first kappa shape index (κ1) is 13.5. The Labute approximate surface area is 87.3 Å². The third kappa shape index (κ3) is 9.58. The quantitative estimate of drug-likeness (QED) is 0.359. The third-order valence-corrected chi connectivity index (χ3v) is 2.37. The zero-order chi connectivity index (χ0) is 11.0. The summed E-state index contributed by atoms with van der Waals surface area (Å²) in [6.07, 6.45) is 7.38. The summed E-state index contributed by atoms with van der Waals surface area (Å²) in [6, 6.07) is 0. The zero-order valence-electron chi connectivity index (χ0n) is 9.08. The average Bonchev–Trinajstić information content (AvgIpc) is 2.00. The van der Waals surface area contributed by atoms with Crippen molar-refractivity contribution in [3.8, 4) is 0 Å². The molecule has 0 aliphatic heterocycles. The monoisotopic (exact) mass is 220 g/mol. The van der Waals surface area contributed by atoms with Gasteiger partial charge in [-0.25, -0.2) is 0 Å². The maximum Gasteiger partial charge on any atom is 0.305 e. The Hall–Kier alpha value is -0.510. The molecule has 0 unspecified atom stereocenters. The molecular formula is C10H20O3S. The molecule has 0 saturated carbocycles. The molecule has 4 heteroatoms. The summed E-state index contributed by atoms with van der Waals surface area (Å²) < 4.78 is 26.0. The number of unbranched alkanes of at least 4 members (excludes halogenated alkanes) is 4. The van der Waals surface area contributed by atoms with E-state index >= 15 is 0 Å². The lowest BCUT2D eigenvalue weighted by Gasteiger charge is -2.05. The number of hydrogen-bond donors (Lipinski definition) is 0.